The second-order valence-corrected chi connectivity index (χ2v) is 7.38. The third-order valence-corrected chi connectivity index (χ3v) is 5.77. The predicted octanol–water partition coefficient (Wildman–Crippen LogP) is 4.73. The summed E-state index contributed by atoms with van der Waals surface area (Å²) in [6.45, 7) is 8.71. The first-order valence-electron chi connectivity index (χ1n) is 7.20. The number of nitrogens with zero attached hydrogens (tertiary/aromatic N) is 3. The standard InChI is InChI=1S/C15H20ClN3S/c1-8-6-5-7-9(2)19(8)15-17-13(16)12-10(3)11(4)20-14(12)18-15/h8-9H,5-7H2,1-4H3. The van der Waals surface area contributed by atoms with E-state index in [0.717, 1.165) is 16.2 Å². The van der Waals surface area contributed by atoms with Crippen LogP contribution in [0.2, 0.25) is 5.15 Å². The van der Waals surface area contributed by atoms with E-state index in [1.54, 1.807) is 11.3 Å². The Morgan fingerprint density at radius 1 is 1.15 bits per heavy atom. The second kappa shape index (κ2) is 5.15. The number of anilines is 1. The molecule has 5 heteroatoms. The van der Waals surface area contributed by atoms with E-state index in [2.05, 4.69) is 37.6 Å². The molecule has 3 nitrogen and oxygen atoms in total. The lowest BCUT2D eigenvalue weighted by molar-refractivity contribution is 0.408. The van der Waals surface area contributed by atoms with Gasteiger partial charge in [0.15, 0.2) is 0 Å². The van der Waals surface area contributed by atoms with Gasteiger partial charge in [-0.05, 0) is 52.5 Å². The van der Waals surface area contributed by atoms with Crippen LogP contribution in [-0.2, 0) is 0 Å². The third-order valence-electron chi connectivity index (χ3n) is 4.40. The molecule has 0 spiro atoms. The maximum Gasteiger partial charge on any atom is 0.228 e. The van der Waals surface area contributed by atoms with E-state index in [4.69, 9.17) is 16.6 Å². The molecule has 2 aromatic heterocycles. The molecule has 3 heterocycles. The second-order valence-electron chi connectivity index (χ2n) is 5.81. The van der Waals surface area contributed by atoms with Gasteiger partial charge in [0.25, 0.3) is 0 Å². The van der Waals surface area contributed by atoms with Gasteiger partial charge >= 0.3 is 0 Å². The van der Waals surface area contributed by atoms with Crippen LogP contribution >= 0.6 is 22.9 Å². The van der Waals surface area contributed by atoms with E-state index < -0.39 is 0 Å². The van der Waals surface area contributed by atoms with Crippen molar-refractivity contribution < 1.29 is 0 Å². The highest BCUT2D eigenvalue weighted by Gasteiger charge is 2.28. The molecule has 0 bridgehead atoms. The summed E-state index contributed by atoms with van der Waals surface area (Å²) >= 11 is 8.14. The van der Waals surface area contributed by atoms with Gasteiger partial charge in [-0.1, -0.05) is 11.6 Å². The molecule has 1 saturated heterocycles. The number of aryl methyl sites for hydroxylation is 2. The number of halogens is 1. The van der Waals surface area contributed by atoms with Gasteiger partial charge < -0.3 is 4.90 Å². The number of piperidine rings is 1. The summed E-state index contributed by atoms with van der Waals surface area (Å²) in [5.74, 6) is 0.795. The average molecular weight is 310 g/mol. The molecule has 2 aromatic rings. The molecule has 3 rings (SSSR count). The van der Waals surface area contributed by atoms with E-state index in [9.17, 15) is 0 Å². The zero-order valence-corrected chi connectivity index (χ0v) is 14.0. The largest absolute Gasteiger partial charge is 0.335 e. The molecule has 0 saturated carbocycles. The molecule has 1 aliphatic heterocycles. The minimum Gasteiger partial charge on any atom is -0.335 e. The Hall–Kier alpha value is -0.870. The maximum atomic E-state index is 6.42. The Balaban J connectivity index is 2.12. The van der Waals surface area contributed by atoms with E-state index >= 15 is 0 Å². The van der Waals surface area contributed by atoms with Gasteiger partial charge in [0.2, 0.25) is 5.95 Å². The van der Waals surface area contributed by atoms with Gasteiger partial charge in [0.1, 0.15) is 9.98 Å². The zero-order valence-electron chi connectivity index (χ0n) is 12.4. The molecule has 0 aromatic carbocycles. The van der Waals surface area contributed by atoms with Crippen molar-refractivity contribution in [3.63, 3.8) is 0 Å². The molecule has 2 atom stereocenters. The molecule has 0 N–H and O–H groups in total. The first kappa shape index (κ1) is 14.1. The Kier molecular flexibility index (Phi) is 3.63. The highest BCUT2D eigenvalue weighted by molar-refractivity contribution is 7.18. The minimum absolute atomic E-state index is 0.481. The first-order chi connectivity index (χ1) is 9.49. The molecular formula is C15H20ClN3S. The van der Waals surface area contributed by atoms with Crippen molar-refractivity contribution in [2.75, 3.05) is 4.90 Å². The van der Waals surface area contributed by atoms with Gasteiger partial charge in [-0.25, -0.2) is 9.97 Å². The van der Waals surface area contributed by atoms with E-state index in [1.165, 1.54) is 29.7 Å². The van der Waals surface area contributed by atoms with Crippen LogP contribution in [0.3, 0.4) is 0 Å². The number of rotatable bonds is 1. The molecule has 20 heavy (non-hydrogen) atoms. The van der Waals surface area contributed by atoms with Gasteiger partial charge in [0, 0.05) is 17.0 Å². The smallest absolute Gasteiger partial charge is 0.228 e. The summed E-state index contributed by atoms with van der Waals surface area (Å²) in [6, 6.07) is 0.962. The molecule has 1 aliphatic rings. The van der Waals surface area contributed by atoms with Crippen LogP contribution in [0.5, 0.6) is 0 Å². The van der Waals surface area contributed by atoms with E-state index in [-0.39, 0.29) is 0 Å². The summed E-state index contributed by atoms with van der Waals surface area (Å²) in [7, 11) is 0. The molecule has 0 aliphatic carbocycles. The summed E-state index contributed by atoms with van der Waals surface area (Å²) in [5, 5.41) is 1.62. The highest BCUT2D eigenvalue weighted by atomic mass is 35.5. The fourth-order valence-electron chi connectivity index (χ4n) is 3.12. The van der Waals surface area contributed by atoms with Crippen LogP contribution in [0.1, 0.15) is 43.6 Å². The SMILES string of the molecule is Cc1sc2nc(N3C(C)CCCC3C)nc(Cl)c2c1C. The lowest BCUT2D eigenvalue weighted by atomic mass is 9.98. The summed E-state index contributed by atoms with van der Waals surface area (Å²) in [4.78, 5) is 14.0. The molecule has 108 valence electrons. The monoisotopic (exact) mass is 309 g/mol. The maximum absolute atomic E-state index is 6.42. The molecular weight excluding hydrogens is 290 g/mol. The summed E-state index contributed by atoms with van der Waals surface area (Å²) < 4.78 is 0. The molecule has 0 radical (unpaired) electrons. The number of hydrogen-bond acceptors (Lipinski definition) is 4. The fourth-order valence-corrected chi connectivity index (χ4v) is 4.51. The summed E-state index contributed by atoms with van der Waals surface area (Å²) in [6.07, 6.45) is 3.68. The number of hydrogen-bond donors (Lipinski definition) is 0. The van der Waals surface area contributed by atoms with E-state index in [1.807, 2.05) is 0 Å². The lowest BCUT2D eigenvalue weighted by Crippen LogP contribution is -2.44. The van der Waals surface area contributed by atoms with Gasteiger partial charge in [-0.2, -0.15) is 0 Å². The quantitative estimate of drug-likeness (QED) is 0.713. The first-order valence-corrected chi connectivity index (χ1v) is 8.40. The van der Waals surface area contributed by atoms with Crippen molar-refractivity contribution in [2.45, 2.75) is 59.0 Å². The van der Waals surface area contributed by atoms with Gasteiger partial charge in [-0.15, -0.1) is 11.3 Å². The average Bonchev–Trinajstić information content (AvgIpc) is 2.65. The highest BCUT2D eigenvalue weighted by Crippen LogP contribution is 2.36. The number of aromatic nitrogens is 2. The molecule has 2 unspecified atom stereocenters. The lowest BCUT2D eigenvalue weighted by Gasteiger charge is -2.39. The Bertz CT molecular complexity index is 642. The number of fused-ring (bicyclic) bond motifs is 1. The predicted molar refractivity (Wildman–Crippen MR) is 87.2 cm³/mol. The van der Waals surface area contributed by atoms with Crippen LogP contribution < -0.4 is 4.90 Å². The van der Waals surface area contributed by atoms with Crippen molar-refractivity contribution in [3.8, 4) is 0 Å². The Morgan fingerprint density at radius 2 is 1.80 bits per heavy atom. The van der Waals surface area contributed by atoms with Crippen LogP contribution in [0, 0.1) is 13.8 Å². The van der Waals surface area contributed by atoms with Crippen molar-refractivity contribution in [3.05, 3.63) is 15.6 Å². The van der Waals surface area contributed by atoms with Crippen LogP contribution in [0.15, 0.2) is 0 Å². The Labute approximate surface area is 129 Å². The van der Waals surface area contributed by atoms with Crippen LogP contribution in [0.25, 0.3) is 10.2 Å². The molecule has 0 amide bonds. The topological polar surface area (TPSA) is 29.0 Å². The number of thiophene rings is 1. The van der Waals surface area contributed by atoms with Gasteiger partial charge in [-0.3, -0.25) is 0 Å². The van der Waals surface area contributed by atoms with Gasteiger partial charge in [0.05, 0.1) is 5.39 Å². The zero-order chi connectivity index (χ0) is 14.4. The normalized spacial score (nSPS) is 23.6. The van der Waals surface area contributed by atoms with E-state index in [0.29, 0.717) is 17.2 Å². The van der Waals surface area contributed by atoms with Crippen molar-refractivity contribution in [1.82, 2.24) is 9.97 Å². The van der Waals surface area contributed by atoms with Crippen molar-refractivity contribution in [1.29, 1.82) is 0 Å². The molecule has 1 fully saturated rings. The van der Waals surface area contributed by atoms with Crippen LogP contribution in [0.4, 0.5) is 5.95 Å². The Morgan fingerprint density at radius 3 is 2.45 bits per heavy atom. The fraction of sp³-hybridized carbons (Fsp3) is 0.600. The minimum atomic E-state index is 0.481. The van der Waals surface area contributed by atoms with Crippen molar-refractivity contribution >= 4 is 39.1 Å². The van der Waals surface area contributed by atoms with Crippen molar-refractivity contribution in [2.24, 2.45) is 0 Å². The van der Waals surface area contributed by atoms with Crippen LogP contribution in [-0.4, -0.2) is 22.1 Å². The third kappa shape index (κ3) is 2.19. The summed E-state index contributed by atoms with van der Waals surface area (Å²) in [5.41, 5.74) is 1.21.